The Labute approximate surface area is 120 Å². The van der Waals surface area contributed by atoms with E-state index in [1.54, 1.807) is 13.1 Å². The summed E-state index contributed by atoms with van der Waals surface area (Å²) in [5.41, 5.74) is 0.787. The number of hydrogen-bond donors (Lipinski definition) is 0. The van der Waals surface area contributed by atoms with E-state index in [2.05, 4.69) is 56.0 Å². The van der Waals surface area contributed by atoms with Gasteiger partial charge in [0.05, 0.1) is 11.9 Å². The largest absolute Gasteiger partial charge is 0.225 e. The van der Waals surface area contributed by atoms with Crippen LogP contribution < -0.4 is 0 Å². The number of aromatic nitrogens is 11. The number of nitrogens with zero attached hydrogens (tertiary/aromatic N) is 11. The zero-order valence-electron chi connectivity index (χ0n) is 11.7. The van der Waals surface area contributed by atoms with Gasteiger partial charge in [0.25, 0.3) is 0 Å². The van der Waals surface area contributed by atoms with Crippen LogP contribution in [-0.2, 0) is 0 Å². The van der Waals surface area contributed by atoms with E-state index >= 15 is 0 Å². The van der Waals surface area contributed by atoms with Gasteiger partial charge in [0.15, 0.2) is 12.2 Å². The van der Waals surface area contributed by atoms with Crippen LogP contribution in [0.25, 0.3) is 0 Å². The van der Waals surface area contributed by atoms with Crippen LogP contribution in [0.1, 0.15) is 17.3 Å². The van der Waals surface area contributed by atoms with E-state index in [1.807, 2.05) is 13.8 Å². The maximum absolute atomic E-state index is 3.76. The van der Waals surface area contributed by atoms with Crippen molar-refractivity contribution in [2.75, 3.05) is 0 Å². The van der Waals surface area contributed by atoms with E-state index in [0.717, 1.165) is 11.5 Å². The van der Waals surface area contributed by atoms with Crippen molar-refractivity contribution >= 4 is 0 Å². The summed E-state index contributed by atoms with van der Waals surface area (Å²) in [5.74, 6) is 1.36. The number of hydrogen-bond acceptors (Lipinski definition) is 11. The summed E-state index contributed by atoms with van der Waals surface area (Å²) in [6.45, 7) is 5.36. The van der Waals surface area contributed by atoms with Gasteiger partial charge in [-0.3, -0.25) is 0 Å². The monoisotopic (exact) mass is 287 g/mol. The Kier molecular flexibility index (Phi) is 7.42. The van der Waals surface area contributed by atoms with Gasteiger partial charge in [-0.05, 0) is 31.2 Å². The van der Waals surface area contributed by atoms with Crippen LogP contribution >= 0.6 is 0 Å². The zero-order valence-corrected chi connectivity index (χ0v) is 11.7. The average molecular weight is 287 g/mol. The first-order chi connectivity index (χ1) is 10.2. The highest BCUT2D eigenvalue weighted by Gasteiger charge is 1.78. The third-order valence-corrected chi connectivity index (χ3v) is 1.67. The van der Waals surface area contributed by atoms with Crippen molar-refractivity contribution < 1.29 is 0 Å². The van der Waals surface area contributed by atoms with Gasteiger partial charge in [-0.2, -0.15) is 0 Å². The molecule has 0 saturated heterocycles. The summed E-state index contributed by atoms with van der Waals surface area (Å²) in [5, 5.41) is 27.6. The lowest BCUT2D eigenvalue weighted by molar-refractivity contribution is 0.742. The Bertz CT molecular complexity index is 500. The van der Waals surface area contributed by atoms with Crippen LogP contribution in [0, 0.1) is 20.8 Å². The molecule has 108 valence electrons. The molecule has 0 saturated carbocycles. The number of rotatable bonds is 0. The third kappa shape index (κ3) is 8.58. The summed E-state index contributed by atoms with van der Waals surface area (Å²) in [6.07, 6.45) is 5.80. The SMILES string of the molecule is Cc1cnnnn1.Cc1ncncn1.Cc1nncnn1. The van der Waals surface area contributed by atoms with Crippen LogP contribution in [0.5, 0.6) is 0 Å². The van der Waals surface area contributed by atoms with E-state index in [-0.39, 0.29) is 0 Å². The van der Waals surface area contributed by atoms with Crippen LogP contribution in [-0.4, -0.2) is 56.0 Å². The smallest absolute Gasteiger partial charge is 0.170 e. The van der Waals surface area contributed by atoms with E-state index in [0.29, 0.717) is 5.82 Å². The van der Waals surface area contributed by atoms with Crippen LogP contribution in [0.2, 0.25) is 0 Å². The average Bonchev–Trinajstić information content (AvgIpc) is 2.51. The molecule has 0 aliphatic heterocycles. The van der Waals surface area contributed by atoms with Crippen LogP contribution in [0.4, 0.5) is 0 Å². The first kappa shape index (κ1) is 15.9. The van der Waals surface area contributed by atoms with Crippen molar-refractivity contribution in [3.63, 3.8) is 0 Å². The second-order valence-corrected chi connectivity index (χ2v) is 3.44. The van der Waals surface area contributed by atoms with Crippen LogP contribution in [0.3, 0.4) is 0 Å². The van der Waals surface area contributed by atoms with E-state index in [1.165, 1.54) is 19.0 Å². The highest BCUT2D eigenvalue weighted by Crippen LogP contribution is 1.75. The lowest BCUT2D eigenvalue weighted by atomic mass is 10.6. The first-order valence-corrected chi connectivity index (χ1v) is 5.71. The van der Waals surface area contributed by atoms with Crippen molar-refractivity contribution in [2.24, 2.45) is 0 Å². The fraction of sp³-hybridized carbons (Fsp3) is 0.300. The van der Waals surface area contributed by atoms with Gasteiger partial charge in [0, 0.05) is 0 Å². The fourth-order valence-corrected chi connectivity index (χ4v) is 0.808. The Balaban J connectivity index is 0.000000157. The summed E-state index contributed by atoms with van der Waals surface area (Å²) in [6, 6.07) is 0. The van der Waals surface area contributed by atoms with Gasteiger partial charge in [0.1, 0.15) is 18.5 Å². The molecule has 3 rings (SSSR count). The quantitative estimate of drug-likeness (QED) is 0.519. The second-order valence-electron chi connectivity index (χ2n) is 3.44. The molecule has 3 aromatic heterocycles. The van der Waals surface area contributed by atoms with Crippen molar-refractivity contribution in [1.29, 1.82) is 0 Å². The van der Waals surface area contributed by atoms with Gasteiger partial charge in [-0.1, -0.05) is 0 Å². The lowest BCUT2D eigenvalue weighted by Gasteiger charge is -1.80. The van der Waals surface area contributed by atoms with Crippen molar-refractivity contribution in [3.05, 3.63) is 42.5 Å². The molecule has 0 aliphatic rings. The maximum Gasteiger partial charge on any atom is 0.170 e. The zero-order chi connectivity index (χ0) is 15.3. The lowest BCUT2D eigenvalue weighted by Crippen LogP contribution is -1.90. The predicted octanol–water partition coefficient (Wildman–Crippen LogP) is -0.670. The maximum atomic E-state index is 3.76. The summed E-state index contributed by atoms with van der Waals surface area (Å²) < 4.78 is 0. The summed E-state index contributed by atoms with van der Waals surface area (Å²) in [7, 11) is 0. The first-order valence-electron chi connectivity index (χ1n) is 5.71. The topological polar surface area (TPSA) is 142 Å². The van der Waals surface area contributed by atoms with Gasteiger partial charge in [-0.15, -0.1) is 30.6 Å². The minimum Gasteiger partial charge on any atom is -0.225 e. The molecule has 0 atom stereocenters. The Morgan fingerprint density at radius 1 is 0.667 bits per heavy atom. The molecule has 0 unspecified atom stereocenters. The van der Waals surface area contributed by atoms with E-state index in [9.17, 15) is 0 Å². The van der Waals surface area contributed by atoms with Crippen molar-refractivity contribution in [2.45, 2.75) is 20.8 Å². The molecule has 0 spiro atoms. The summed E-state index contributed by atoms with van der Waals surface area (Å²) in [4.78, 5) is 11.1. The van der Waals surface area contributed by atoms with Crippen molar-refractivity contribution in [3.8, 4) is 0 Å². The minimum absolute atomic E-state index is 0.600. The Hall–Kier alpha value is -3.11. The molecular formula is C10H13N11. The molecule has 0 fully saturated rings. The molecule has 0 radical (unpaired) electrons. The third-order valence-electron chi connectivity index (χ3n) is 1.67. The standard InChI is InChI=1S/C4H5N3.2C3H4N4/c1-4-6-2-5-3-7-4;1-3-6-4-2-5-7-3;1-3-2-4-6-7-5-3/h2-3H,1H3;2*2H,1H3. The molecule has 0 amide bonds. The minimum atomic E-state index is 0.600. The normalized spacial score (nSPS) is 8.71. The summed E-state index contributed by atoms with van der Waals surface area (Å²) >= 11 is 0. The molecule has 11 nitrogen and oxygen atoms in total. The van der Waals surface area contributed by atoms with Crippen molar-refractivity contribution in [1.82, 2.24) is 56.0 Å². The Morgan fingerprint density at radius 3 is 1.62 bits per heavy atom. The fourth-order valence-electron chi connectivity index (χ4n) is 0.808. The van der Waals surface area contributed by atoms with Gasteiger partial charge in [-0.25, -0.2) is 15.0 Å². The van der Waals surface area contributed by atoms with Crippen LogP contribution in [0.15, 0.2) is 25.2 Å². The van der Waals surface area contributed by atoms with Gasteiger partial charge in [0.2, 0.25) is 0 Å². The molecule has 21 heavy (non-hydrogen) atoms. The molecule has 0 aromatic carbocycles. The number of aryl methyl sites for hydroxylation is 3. The predicted molar refractivity (Wildman–Crippen MR) is 69.3 cm³/mol. The molecule has 11 heteroatoms. The van der Waals surface area contributed by atoms with Gasteiger partial charge < -0.3 is 0 Å². The molecule has 3 heterocycles. The molecular weight excluding hydrogens is 274 g/mol. The Morgan fingerprint density at radius 2 is 1.33 bits per heavy atom. The second kappa shape index (κ2) is 9.77. The van der Waals surface area contributed by atoms with E-state index in [4.69, 9.17) is 0 Å². The highest BCUT2D eigenvalue weighted by atomic mass is 15.4. The molecule has 3 aromatic rings. The molecule has 0 N–H and O–H groups in total. The highest BCUT2D eigenvalue weighted by molar-refractivity contribution is 4.81. The van der Waals surface area contributed by atoms with Gasteiger partial charge >= 0.3 is 0 Å². The van der Waals surface area contributed by atoms with E-state index < -0.39 is 0 Å². The molecule has 0 aliphatic carbocycles. The molecule has 0 bridgehead atoms.